The van der Waals surface area contributed by atoms with Gasteiger partial charge in [0.15, 0.2) is 0 Å². The van der Waals surface area contributed by atoms with Gasteiger partial charge in [-0.3, -0.25) is 9.59 Å². The number of nitrogens with zero attached hydrogens (tertiary/aromatic N) is 3. The van der Waals surface area contributed by atoms with Gasteiger partial charge >= 0.3 is 0 Å². The lowest BCUT2D eigenvalue weighted by Crippen LogP contribution is -2.41. The first kappa shape index (κ1) is 20.8. The number of likely N-dealkylation sites (tertiary alicyclic amines) is 1. The molecule has 3 heterocycles. The number of nitrogens with two attached hydrogens (primary N) is 1. The Morgan fingerprint density at radius 1 is 1.20 bits per heavy atom. The number of rotatable bonds is 6. The molecule has 6 nitrogen and oxygen atoms in total. The van der Waals surface area contributed by atoms with Crippen molar-refractivity contribution in [3.63, 3.8) is 0 Å². The molecule has 0 saturated carbocycles. The first-order chi connectivity index (χ1) is 14.5. The first-order valence-corrected chi connectivity index (χ1v) is 11.9. The molecule has 0 spiro atoms. The van der Waals surface area contributed by atoms with Crippen molar-refractivity contribution in [1.82, 2.24) is 14.9 Å². The molecule has 156 valence electrons. The summed E-state index contributed by atoms with van der Waals surface area (Å²) in [5, 5.41) is 4.10. The van der Waals surface area contributed by atoms with Gasteiger partial charge in [0.2, 0.25) is 11.8 Å². The van der Waals surface area contributed by atoms with Crippen molar-refractivity contribution in [2.24, 2.45) is 11.7 Å². The fraction of sp³-hybridized carbons (Fsp3) is 0.364. The molecule has 0 unspecified atom stereocenters. The average molecular weight is 441 g/mol. The number of amides is 2. The summed E-state index contributed by atoms with van der Waals surface area (Å²) in [6.45, 7) is 3.29. The zero-order valence-electron chi connectivity index (χ0n) is 16.8. The molecule has 4 rings (SSSR count). The third-order valence-corrected chi connectivity index (χ3v) is 7.38. The Labute approximate surface area is 183 Å². The molecule has 1 saturated heterocycles. The molecule has 0 bridgehead atoms. The lowest BCUT2D eigenvalue weighted by atomic mass is 9.96. The number of hydrogen-bond acceptors (Lipinski definition) is 6. The highest BCUT2D eigenvalue weighted by Gasteiger charge is 2.25. The predicted molar refractivity (Wildman–Crippen MR) is 121 cm³/mol. The van der Waals surface area contributed by atoms with E-state index in [1.54, 1.807) is 29.4 Å². The van der Waals surface area contributed by atoms with Gasteiger partial charge in [0.25, 0.3) is 0 Å². The molecule has 30 heavy (non-hydrogen) atoms. The van der Waals surface area contributed by atoms with E-state index in [9.17, 15) is 9.59 Å². The van der Waals surface area contributed by atoms with Crippen LogP contribution in [0.2, 0.25) is 0 Å². The van der Waals surface area contributed by atoms with Crippen LogP contribution in [-0.2, 0) is 9.59 Å². The molecule has 1 fully saturated rings. The second kappa shape index (κ2) is 9.14. The molecule has 2 N–H and O–H groups in total. The molecule has 1 aliphatic rings. The van der Waals surface area contributed by atoms with Gasteiger partial charge in [0.05, 0.1) is 5.39 Å². The predicted octanol–water partition coefficient (Wildman–Crippen LogP) is 3.87. The number of aromatic nitrogens is 2. The summed E-state index contributed by atoms with van der Waals surface area (Å²) in [5.74, 6) is 0.422. The molecular weight excluding hydrogens is 416 g/mol. The summed E-state index contributed by atoms with van der Waals surface area (Å²) in [6.07, 6.45) is 3.36. The summed E-state index contributed by atoms with van der Waals surface area (Å²) in [7, 11) is 0. The summed E-state index contributed by atoms with van der Waals surface area (Å²) < 4.78 is 0. The lowest BCUT2D eigenvalue weighted by Gasteiger charge is -2.30. The molecule has 0 aliphatic carbocycles. The minimum absolute atomic E-state index is 0.100. The average Bonchev–Trinajstić information content (AvgIpc) is 3.19. The molecule has 0 radical (unpaired) electrons. The van der Waals surface area contributed by atoms with Crippen molar-refractivity contribution in [3.05, 3.63) is 41.5 Å². The number of carbonyl (C=O) groups is 2. The second-order valence-corrected chi connectivity index (χ2v) is 9.47. The maximum Gasteiger partial charge on any atom is 0.223 e. The molecule has 1 aromatic carbocycles. The van der Waals surface area contributed by atoms with Crippen molar-refractivity contribution in [2.45, 2.75) is 31.2 Å². The number of carbonyl (C=O) groups excluding carboxylic acids is 2. The maximum atomic E-state index is 12.6. The van der Waals surface area contributed by atoms with Gasteiger partial charge in [-0.1, -0.05) is 29.8 Å². The number of thiophene rings is 1. The lowest BCUT2D eigenvalue weighted by molar-refractivity contribution is -0.134. The van der Waals surface area contributed by atoms with Crippen LogP contribution < -0.4 is 5.73 Å². The van der Waals surface area contributed by atoms with Crippen LogP contribution in [0.15, 0.2) is 41.0 Å². The van der Waals surface area contributed by atoms with Gasteiger partial charge in [-0.2, -0.15) is 0 Å². The minimum atomic E-state index is -0.259. The number of primary amides is 1. The summed E-state index contributed by atoms with van der Waals surface area (Å²) in [5.41, 5.74) is 8.89. The number of fused-ring (bicyclic) bond motifs is 1. The van der Waals surface area contributed by atoms with Crippen LogP contribution in [0.25, 0.3) is 21.3 Å². The first-order valence-electron chi connectivity index (χ1n) is 10.0. The van der Waals surface area contributed by atoms with Crippen LogP contribution in [-0.4, -0.2) is 45.5 Å². The third kappa shape index (κ3) is 4.49. The molecule has 3 aromatic rings. The third-order valence-electron chi connectivity index (χ3n) is 5.50. The minimum Gasteiger partial charge on any atom is -0.369 e. The van der Waals surface area contributed by atoms with E-state index in [-0.39, 0.29) is 17.7 Å². The normalized spacial score (nSPS) is 14.9. The van der Waals surface area contributed by atoms with E-state index in [1.165, 1.54) is 5.56 Å². The molecule has 0 atom stereocenters. The number of hydrogen-bond donors (Lipinski definition) is 1. The topological polar surface area (TPSA) is 89.2 Å². The van der Waals surface area contributed by atoms with E-state index in [2.05, 4.69) is 46.5 Å². The summed E-state index contributed by atoms with van der Waals surface area (Å²) in [6, 6.07) is 8.46. The van der Waals surface area contributed by atoms with E-state index in [0.29, 0.717) is 38.1 Å². The van der Waals surface area contributed by atoms with Crippen LogP contribution in [0.3, 0.4) is 0 Å². The Morgan fingerprint density at radius 2 is 1.93 bits per heavy atom. The number of aryl methyl sites for hydroxylation is 1. The summed E-state index contributed by atoms with van der Waals surface area (Å²) in [4.78, 5) is 35.6. The van der Waals surface area contributed by atoms with E-state index in [1.807, 2.05) is 4.90 Å². The summed E-state index contributed by atoms with van der Waals surface area (Å²) >= 11 is 3.21. The largest absolute Gasteiger partial charge is 0.369 e. The highest BCUT2D eigenvalue weighted by molar-refractivity contribution is 7.99. The zero-order chi connectivity index (χ0) is 21.1. The van der Waals surface area contributed by atoms with Gasteiger partial charge in [-0.05, 0) is 25.3 Å². The van der Waals surface area contributed by atoms with E-state index in [4.69, 9.17) is 5.73 Å². The zero-order valence-corrected chi connectivity index (χ0v) is 18.5. The van der Waals surface area contributed by atoms with Crippen LogP contribution in [0.1, 0.15) is 24.8 Å². The van der Waals surface area contributed by atoms with Gasteiger partial charge in [-0.25, -0.2) is 9.97 Å². The Hall–Kier alpha value is -2.45. The SMILES string of the molecule is Cc1ccc(-c2csc3ncnc(SCCC(=O)N4CCC(C(N)=O)CC4)c23)cc1. The van der Waals surface area contributed by atoms with Crippen LogP contribution >= 0.6 is 23.1 Å². The van der Waals surface area contributed by atoms with Crippen LogP contribution in [0.5, 0.6) is 0 Å². The highest BCUT2D eigenvalue weighted by atomic mass is 32.2. The second-order valence-electron chi connectivity index (χ2n) is 7.53. The van der Waals surface area contributed by atoms with Gasteiger partial charge < -0.3 is 10.6 Å². The van der Waals surface area contributed by atoms with E-state index in [0.717, 1.165) is 26.4 Å². The number of thioether (sulfide) groups is 1. The molecule has 8 heteroatoms. The fourth-order valence-electron chi connectivity index (χ4n) is 3.71. The molecular formula is C22H24N4O2S2. The quantitative estimate of drug-likeness (QED) is 0.464. The Morgan fingerprint density at radius 3 is 2.63 bits per heavy atom. The van der Waals surface area contributed by atoms with Crippen molar-refractivity contribution in [1.29, 1.82) is 0 Å². The van der Waals surface area contributed by atoms with Crippen LogP contribution in [0, 0.1) is 12.8 Å². The van der Waals surface area contributed by atoms with Gasteiger partial charge in [0, 0.05) is 42.1 Å². The molecule has 2 aromatic heterocycles. The molecule has 1 aliphatic heterocycles. The van der Waals surface area contributed by atoms with Crippen molar-refractivity contribution >= 4 is 45.1 Å². The van der Waals surface area contributed by atoms with Gasteiger partial charge in [-0.15, -0.1) is 23.1 Å². The number of benzene rings is 1. The van der Waals surface area contributed by atoms with Gasteiger partial charge in [0.1, 0.15) is 16.2 Å². The Kier molecular flexibility index (Phi) is 6.34. The van der Waals surface area contributed by atoms with E-state index >= 15 is 0 Å². The van der Waals surface area contributed by atoms with Crippen molar-refractivity contribution < 1.29 is 9.59 Å². The maximum absolute atomic E-state index is 12.6. The highest BCUT2D eigenvalue weighted by Crippen LogP contribution is 2.38. The number of piperidine rings is 1. The van der Waals surface area contributed by atoms with Crippen molar-refractivity contribution in [3.8, 4) is 11.1 Å². The van der Waals surface area contributed by atoms with Crippen molar-refractivity contribution in [2.75, 3.05) is 18.8 Å². The smallest absolute Gasteiger partial charge is 0.223 e. The van der Waals surface area contributed by atoms with E-state index < -0.39 is 0 Å². The Balaban J connectivity index is 1.42. The molecule has 2 amide bonds. The standard InChI is InChI=1S/C22H24N4O2S2/c1-14-2-4-15(5-3-14)17-12-30-22-19(17)21(24-13-25-22)29-11-8-18(27)26-9-6-16(7-10-26)20(23)28/h2-5,12-13,16H,6-11H2,1H3,(H2,23,28). The van der Waals surface area contributed by atoms with Crippen LogP contribution in [0.4, 0.5) is 0 Å². The monoisotopic (exact) mass is 440 g/mol. The fourth-order valence-corrected chi connectivity index (χ4v) is 5.63. The Bertz CT molecular complexity index is 1060.